The molecular weight excluding hydrogens is 178 g/mol. The van der Waals surface area contributed by atoms with Gasteiger partial charge in [0.1, 0.15) is 0 Å². The molecule has 0 fully saturated rings. The van der Waals surface area contributed by atoms with Crippen LogP contribution in [0.4, 0.5) is 0 Å². The van der Waals surface area contributed by atoms with Crippen molar-refractivity contribution in [1.29, 1.82) is 0 Å². The van der Waals surface area contributed by atoms with Crippen molar-refractivity contribution >= 4 is 6.29 Å². The van der Waals surface area contributed by atoms with Gasteiger partial charge < -0.3 is 4.42 Å². The average molecular weight is 187 g/mol. The highest BCUT2D eigenvalue weighted by atomic mass is 16.4. The van der Waals surface area contributed by atoms with Gasteiger partial charge in [0, 0.05) is 6.42 Å². The molecule has 1 aromatic heterocycles. The number of oxazole rings is 1. The van der Waals surface area contributed by atoms with Crippen molar-refractivity contribution in [2.75, 3.05) is 0 Å². The van der Waals surface area contributed by atoms with E-state index in [9.17, 15) is 4.79 Å². The zero-order valence-electron chi connectivity index (χ0n) is 7.51. The molecule has 0 aliphatic rings. The predicted molar refractivity (Wildman–Crippen MR) is 51.1 cm³/mol. The van der Waals surface area contributed by atoms with Gasteiger partial charge in [-0.05, 0) is 5.56 Å². The third-order valence-electron chi connectivity index (χ3n) is 1.89. The van der Waals surface area contributed by atoms with Crippen LogP contribution in [-0.4, -0.2) is 11.3 Å². The molecule has 0 atom stereocenters. The highest BCUT2D eigenvalue weighted by Crippen LogP contribution is 2.08. The molecule has 0 saturated carbocycles. The fraction of sp³-hybridized carbons (Fsp3) is 0.0909. The predicted octanol–water partition coefficient (Wildman–Crippen LogP) is 2.08. The molecule has 2 aromatic rings. The van der Waals surface area contributed by atoms with Gasteiger partial charge in [-0.1, -0.05) is 30.3 Å². The van der Waals surface area contributed by atoms with Crippen molar-refractivity contribution in [3.63, 3.8) is 0 Å². The van der Waals surface area contributed by atoms with Gasteiger partial charge in [0.2, 0.25) is 0 Å². The quantitative estimate of drug-likeness (QED) is 0.691. The number of aromatic nitrogens is 1. The lowest BCUT2D eigenvalue weighted by Gasteiger charge is -1.94. The lowest BCUT2D eigenvalue weighted by Crippen LogP contribution is -1.86. The lowest BCUT2D eigenvalue weighted by atomic mass is 10.2. The molecule has 0 saturated heterocycles. The van der Waals surface area contributed by atoms with Crippen molar-refractivity contribution in [2.24, 2.45) is 0 Å². The largest absolute Gasteiger partial charge is 0.438 e. The molecule has 0 bridgehead atoms. The van der Waals surface area contributed by atoms with Crippen molar-refractivity contribution < 1.29 is 9.21 Å². The molecule has 0 amide bonds. The van der Waals surface area contributed by atoms with E-state index in [4.69, 9.17) is 4.42 Å². The highest BCUT2D eigenvalue weighted by Gasteiger charge is 2.03. The van der Waals surface area contributed by atoms with Gasteiger partial charge in [0.05, 0.1) is 6.20 Å². The minimum absolute atomic E-state index is 0.274. The summed E-state index contributed by atoms with van der Waals surface area (Å²) in [6.07, 6.45) is 2.71. The molecule has 70 valence electrons. The lowest BCUT2D eigenvalue weighted by molar-refractivity contribution is 0.109. The monoisotopic (exact) mass is 187 g/mol. The number of nitrogens with zero attached hydrogens (tertiary/aromatic N) is 1. The van der Waals surface area contributed by atoms with Gasteiger partial charge in [-0.3, -0.25) is 4.79 Å². The smallest absolute Gasteiger partial charge is 0.199 e. The summed E-state index contributed by atoms with van der Waals surface area (Å²) >= 11 is 0. The van der Waals surface area contributed by atoms with E-state index in [1.807, 2.05) is 30.3 Å². The maximum absolute atomic E-state index is 10.3. The second-order valence-corrected chi connectivity index (χ2v) is 2.94. The summed E-state index contributed by atoms with van der Waals surface area (Å²) in [5.41, 5.74) is 1.12. The second-order valence-electron chi connectivity index (χ2n) is 2.94. The van der Waals surface area contributed by atoms with Gasteiger partial charge >= 0.3 is 0 Å². The summed E-state index contributed by atoms with van der Waals surface area (Å²) in [6.45, 7) is 0. The van der Waals surface area contributed by atoms with E-state index >= 15 is 0 Å². The van der Waals surface area contributed by atoms with Crippen LogP contribution in [0.1, 0.15) is 22.0 Å². The molecule has 0 spiro atoms. The molecular formula is C11H9NO2. The number of carbonyl (C=O) groups excluding carboxylic acids is 1. The molecule has 0 aliphatic heterocycles. The Labute approximate surface area is 81.4 Å². The fourth-order valence-electron chi connectivity index (χ4n) is 1.23. The Morgan fingerprint density at radius 2 is 2.07 bits per heavy atom. The van der Waals surface area contributed by atoms with Crippen LogP contribution in [0.3, 0.4) is 0 Å². The molecule has 3 heteroatoms. The first-order chi connectivity index (χ1) is 6.88. The van der Waals surface area contributed by atoms with E-state index in [0.717, 1.165) is 5.56 Å². The summed E-state index contributed by atoms with van der Waals surface area (Å²) in [4.78, 5) is 14.3. The van der Waals surface area contributed by atoms with Crippen molar-refractivity contribution in [3.8, 4) is 0 Å². The van der Waals surface area contributed by atoms with E-state index in [1.165, 1.54) is 6.20 Å². The van der Waals surface area contributed by atoms with Crippen molar-refractivity contribution in [1.82, 2.24) is 4.98 Å². The standard InChI is InChI=1S/C11H9NO2/c13-8-10-7-12-11(14-10)6-9-4-2-1-3-5-9/h1-5,7-8H,6H2. The first-order valence-electron chi connectivity index (χ1n) is 4.32. The van der Waals surface area contributed by atoms with Crippen LogP contribution in [0.5, 0.6) is 0 Å². The number of benzene rings is 1. The number of aldehydes is 1. The number of hydrogen-bond donors (Lipinski definition) is 0. The van der Waals surface area contributed by atoms with Crippen LogP contribution < -0.4 is 0 Å². The molecule has 14 heavy (non-hydrogen) atoms. The summed E-state index contributed by atoms with van der Waals surface area (Å²) < 4.78 is 5.16. The van der Waals surface area contributed by atoms with E-state index in [2.05, 4.69) is 4.98 Å². The first-order valence-corrected chi connectivity index (χ1v) is 4.32. The third kappa shape index (κ3) is 1.88. The zero-order valence-corrected chi connectivity index (χ0v) is 7.51. The van der Waals surface area contributed by atoms with Crippen molar-refractivity contribution in [2.45, 2.75) is 6.42 Å². The Kier molecular flexibility index (Phi) is 2.40. The first kappa shape index (κ1) is 8.69. The third-order valence-corrected chi connectivity index (χ3v) is 1.89. The van der Waals surface area contributed by atoms with Crippen LogP contribution in [0.15, 0.2) is 40.9 Å². The molecule has 1 aromatic carbocycles. The minimum Gasteiger partial charge on any atom is -0.438 e. The van der Waals surface area contributed by atoms with Crippen LogP contribution >= 0.6 is 0 Å². The van der Waals surface area contributed by atoms with Crippen LogP contribution in [-0.2, 0) is 6.42 Å². The number of carbonyl (C=O) groups is 1. The van der Waals surface area contributed by atoms with E-state index in [1.54, 1.807) is 0 Å². The summed E-state index contributed by atoms with van der Waals surface area (Å²) in [7, 11) is 0. The maximum Gasteiger partial charge on any atom is 0.199 e. The maximum atomic E-state index is 10.3. The van der Waals surface area contributed by atoms with Crippen LogP contribution in [0, 0.1) is 0 Å². The van der Waals surface area contributed by atoms with Crippen molar-refractivity contribution in [3.05, 3.63) is 53.7 Å². The normalized spacial score (nSPS) is 10.0. The summed E-state index contributed by atoms with van der Waals surface area (Å²) in [6, 6.07) is 9.85. The number of hydrogen-bond acceptors (Lipinski definition) is 3. The highest BCUT2D eigenvalue weighted by molar-refractivity contribution is 5.69. The Morgan fingerprint density at radius 1 is 1.29 bits per heavy atom. The second kappa shape index (κ2) is 3.87. The molecule has 0 N–H and O–H groups in total. The zero-order chi connectivity index (χ0) is 9.80. The molecule has 0 radical (unpaired) electrons. The SMILES string of the molecule is O=Cc1cnc(Cc2ccccc2)o1. The van der Waals surface area contributed by atoms with Crippen LogP contribution in [0.25, 0.3) is 0 Å². The molecule has 3 nitrogen and oxygen atoms in total. The average Bonchev–Trinajstić information content (AvgIpc) is 2.67. The molecule has 2 rings (SSSR count). The van der Waals surface area contributed by atoms with Gasteiger partial charge in [-0.2, -0.15) is 0 Å². The Balaban J connectivity index is 2.15. The van der Waals surface area contributed by atoms with Gasteiger partial charge in [-0.15, -0.1) is 0 Å². The van der Waals surface area contributed by atoms with Gasteiger partial charge in [0.15, 0.2) is 17.9 Å². The van der Waals surface area contributed by atoms with E-state index < -0.39 is 0 Å². The Morgan fingerprint density at radius 3 is 2.71 bits per heavy atom. The topological polar surface area (TPSA) is 43.1 Å². The van der Waals surface area contributed by atoms with Gasteiger partial charge in [0.25, 0.3) is 0 Å². The summed E-state index contributed by atoms with van der Waals surface area (Å²) in [5.74, 6) is 0.842. The molecule has 0 unspecified atom stereocenters. The number of rotatable bonds is 3. The molecule has 0 aliphatic carbocycles. The van der Waals surface area contributed by atoms with E-state index in [-0.39, 0.29) is 5.76 Å². The van der Waals surface area contributed by atoms with E-state index in [0.29, 0.717) is 18.6 Å². The Hall–Kier alpha value is -1.90. The Bertz CT molecular complexity index is 420. The fourth-order valence-corrected chi connectivity index (χ4v) is 1.23. The minimum atomic E-state index is 0.274. The van der Waals surface area contributed by atoms with Crippen LogP contribution in [0.2, 0.25) is 0 Å². The summed E-state index contributed by atoms with van der Waals surface area (Å²) in [5, 5.41) is 0. The van der Waals surface area contributed by atoms with Gasteiger partial charge in [-0.25, -0.2) is 4.98 Å². The molecule has 1 heterocycles.